The Kier molecular flexibility index (Phi) is 4.52. The Morgan fingerprint density at radius 3 is 2.52 bits per heavy atom. The molecule has 0 amide bonds. The molecule has 0 spiro atoms. The average Bonchev–Trinajstić information content (AvgIpc) is 2.44. The van der Waals surface area contributed by atoms with Crippen LogP contribution in [0.25, 0.3) is 0 Å². The quantitative estimate of drug-likeness (QED) is 0.921. The lowest BCUT2D eigenvalue weighted by atomic mass is 9.84. The first-order valence-electron chi connectivity index (χ1n) is 6.84. The summed E-state index contributed by atoms with van der Waals surface area (Å²) in [5.74, 6) is 0. The van der Waals surface area contributed by atoms with E-state index in [9.17, 15) is 4.79 Å². The Labute approximate surface area is 133 Å². The molecule has 0 aliphatic rings. The fraction of sp³-hybridized carbons (Fsp3) is 0.375. The van der Waals surface area contributed by atoms with E-state index in [-0.39, 0.29) is 11.0 Å². The molecule has 0 aliphatic heterocycles. The van der Waals surface area contributed by atoms with E-state index in [0.29, 0.717) is 11.0 Å². The van der Waals surface area contributed by atoms with Gasteiger partial charge >= 0.3 is 0 Å². The van der Waals surface area contributed by atoms with Gasteiger partial charge in [-0.05, 0) is 28.4 Å². The molecule has 4 nitrogen and oxygen atoms in total. The van der Waals surface area contributed by atoms with Crippen molar-refractivity contribution in [2.45, 2.75) is 26.2 Å². The molecule has 0 bridgehead atoms. The van der Waals surface area contributed by atoms with Crippen molar-refractivity contribution in [1.82, 2.24) is 9.78 Å². The highest BCUT2D eigenvalue weighted by atomic mass is 79.9. The summed E-state index contributed by atoms with van der Waals surface area (Å²) in [6.45, 7) is 7.14. The van der Waals surface area contributed by atoms with Gasteiger partial charge in [0.15, 0.2) is 0 Å². The van der Waals surface area contributed by atoms with Crippen LogP contribution in [-0.4, -0.2) is 16.3 Å². The van der Waals surface area contributed by atoms with Crippen molar-refractivity contribution >= 4 is 21.6 Å². The van der Waals surface area contributed by atoms with E-state index in [1.54, 1.807) is 13.2 Å². The molecule has 21 heavy (non-hydrogen) atoms. The topological polar surface area (TPSA) is 46.9 Å². The highest BCUT2D eigenvalue weighted by Crippen LogP contribution is 2.25. The summed E-state index contributed by atoms with van der Waals surface area (Å²) in [6, 6.07) is 8.53. The lowest BCUT2D eigenvalue weighted by Crippen LogP contribution is -2.29. The van der Waals surface area contributed by atoms with Crippen molar-refractivity contribution in [3.63, 3.8) is 0 Å². The Balaban J connectivity index is 2.17. The highest BCUT2D eigenvalue weighted by Gasteiger charge is 2.21. The summed E-state index contributed by atoms with van der Waals surface area (Å²) in [6.07, 6.45) is 1.66. The Bertz CT molecular complexity index is 690. The molecule has 112 valence electrons. The van der Waals surface area contributed by atoms with Gasteiger partial charge in [-0.25, -0.2) is 4.68 Å². The van der Waals surface area contributed by atoms with Crippen LogP contribution >= 0.6 is 15.9 Å². The lowest BCUT2D eigenvalue weighted by molar-refractivity contribution is 0.556. The minimum atomic E-state index is -0.145. The molecule has 0 radical (unpaired) electrons. The molecule has 0 fully saturated rings. The molecule has 0 unspecified atom stereocenters. The van der Waals surface area contributed by atoms with Gasteiger partial charge in [0.1, 0.15) is 4.47 Å². The largest absolute Gasteiger partial charge is 0.382 e. The summed E-state index contributed by atoms with van der Waals surface area (Å²) >= 11 is 3.33. The molecule has 0 saturated carbocycles. The number of benzene rings is 1. The number of nitrogens with zero attached hydrogens (tertiary/aromatic N) is 2. The summed E-state index contributed by atoms with van der Waals surface area (Å²) < 4.78 is 1.82. The summed E-state index contributed by atoms with van der Waals surface area (Å²) in [4.78, 5) is 11.8. The van der Waals surface area contributed by atoms with E-state index in [2.05, 4.69) is 71.4 Å². The zero-order chi connectivity index (χ0) is 15.6. The average molecular weight is 350 g/mol. The second kappa shape index (κ2) is 6.02. The first-order chi connectivity index (χ1) is 9.81. The van der Waals surface area contributed by atoms with Crippen molar-refractivity contribution in [3.8, 4) is 0 Å². The van der Waals surface area contributed by atoms with Crippen molar-refractivity contribution in [1.29, 1.82) is 0 Å². The number of halogens is 1. The van der Waals surface area contributed by atoms with Gasteiger partial charge < -0.3 is 5.32 Å². The van der Waals surface area contributed by atoms with Gasteiger partial charge in [-0.1, -0.05) is 43.7 Å². The van der Waals surface area contributed by atoms with Crippen LogP contribution in [0.4, 0.5) is 5.69 Å². The van der Waals surface area contributed by atoms with Gasteiger partial charge in [0.05, 0.1) is 11.9 Å². The second-order valence-electron chi connectivity index (χ2n) is 5.90. The first kappa shape index (κ1) is 15.8. The van der Waals surface area contributed by atoms with Crippen LogP contribution in [0, 0.1) is 6.92 Å². The Morgan fingerprint density at radius 1 is 1.29 bits per heavy atom. The van der Waals surface area contributed by atoms with Crippen LogP contribution < -0.4 is 10.9 Å². The Hall–Kier alpha value is -1.62. The minimum Gasteiger partial charge on any atom is -0.382 e. The number of aryl methyl sites for hydroxylation is 2. The number of aromatic nitrogens is 2. The van der Waals surface area contributed by atoms with Crippen LogP contribution in [-0.2, 0) is 12.5 Å². The van der Waals surface area contributed by atoms with Crippen molar-refractivity contribution in [3.05, 3.63) is 56.4 Å². The fourth-order valence-electron chi connectivity index (χ4n) is 2.06. The van der Waals surface area contributed by atoms with Gasteiger partial charge in [-0.15, -0.1) is 0 Å². The van der Waals surface area contributed by atoms with Crippen molar-refractivity contribution < 1.29 is 0 Å². The van der Waals surface area contributed by atoms with E-state index in [1.807, 2.05) is 0 Å². The van der Waals surface area contributed by atoms with Crippen molar-refractivity contribution in [2.24, 2.45) is 7.05 Å². The van der Waals surface area contributed by atoms with Gasteiger partial charge in [0.25, 0.3) is 5.56 Å². The SMILES string of the molecule is Cc1ccc(C(C)(C)CNc2cnn(C)c(=O)c2Br)cc1. The monoisotopic (exact) mass is 349 g/mol. The van der Waals surface area contributed by atoms with E-state index in [0.717, 1.165) is 5.69 Å². The molecule has 0 saturated heterocycles. The molecule has 0 aliphatic carbocycles. The molecular formula is C16H20BrN3O. The van der Waals surface area contributed by atoms with Crippen LogP contribution in [0.2, 0.25) is 0 Å². The van der Waals surface area contributed by atoms with Gasteiger partial charge in [-0.2, -0.15) is 5.10 Å². The third-order valence-corrected chi connectivity index (χ3v) is 4.40. The van der Waals surface area contributed by atoms with E-state index in [1.165, 1.54) is 15.8 Å². The number of anilines is 1. The molecule has 1 aromatic carbocycles. The first-order valence-corrected chi connectivity index (χ1v) is 7.63. The fourth-order valence-corrected chi connectivity index (χ4v) is 2.56. The summed E-state index contributed by atoms with van der Waals surface area (Å²) in [5, 5.41) is 7.35. The smallest absolute Gasteiger partial charge is 0.282 e. The van der Waals surface area contributed by atoms with Crippen LogP contribution in [0.1, 0.15) is 25.0 Å². The van der Waals surface area contributed by atoms with Gasteiger partial charge in [0, 0.05) is 19.0 Å². The maximum atomic E-state index is 11.8. The van der Waals surface area contributed by atoms with E-state index >= 15 is 0 Å². The zero-order valence-corrected chi connectivity index (χ0v) is 14.4. The highest BCUT2D eigenvalue weighted by molar-refractivity contribution is 9.10. The number of rotatable bonds is 4. The van der Waals surface area contributed by atoms with Crippen molar-refractivity contribution in [2.75, 3.05) is 11.9 Å². The van der Waals surface area contributed by atoms with Crippen LogP contribution in [0.15, 0.2) is 39.7 Å². The standard InChI is InChI=1S/C16H20BrN3O/c1-11-5-7-12(8-6-11)16(2,3)10-18-13-9-19-20(4)15(21)14(13)17/h5-9,18H,10H2,1-4H3. The third kappa shape index (κ3) is 3.53. The van der Waals surface area contributed by atoms with E-state index in [4.69, 9.17) is 0 Å². The maximum absolute atomic E-state index is 11.8. The summed E-state index contributed by atoms with van der Waals surface area (Å²) in [7, 11) is 1.63. The number of hydrogen-bond acceptors (Lipinski definition) is 3. The minimum absolute atomic E-state index is 0.0474. The third-order valence-electron chi connectivity index (χ3n) is 3.63. The zero-order valence-electron chi connectivity index (χ0n) is 12.8. The number of nitrogens with one attached hydrogen (secondary N) is 1. The number of hydrogen-bond donors (Lipinski definition) is 1. The predicted octanol–water partition coefficient (Wildman–Crippen LogP) is 3.24. The summed E-state index contributed by atoms with van der Waals surface area (Å²) in [5.41, 5.74) is 3.04. The molecular weight excluding hydrogens is 330 g/mol. The Morgan fingerprint density at radius 2 is 1.90 bits per heavy atom. The molecule has 1 N–H and O–H groups in total. The maximum Gasteiger partial charge on any atom is 0.282 e. The molecule has 1 aromatic heterocycles. The van der Waals surface area contributed by atoms with Crippen LogP contribution in [0.5, 0.6) is 0 Å². The normalized spacial score (nSPS) is 11.5. The molecule has 1 heterocycles. The molecule has 2 rings (SSSR count). The van der Waals surface area contributed by atoms with Gasteiger partial charge in [0.2, 0.25) is 0 Å². The molecule has 2 aromatic rings. The van der Waals surface area contributed by atoms with Crippen LogP contribution in [0.3, 0.4) is 0 Å². The molecule has 5 heteroatoms. The predicted molar refractivity (Wildman–Crippen MR) is 89.9 cm³/mol. The molecule has 0 atom stereocenters. The van der Waals surface area contributed by atoms with E-state index < -0.39 is 0 Å². The lowest BCUT2D eigenvalue weighted by Gasteiger charge is -2.26. The van der Waals surface area contributed by atoms with Gasteiger partial charge in [-0.3, -0.25) is 4.79 Å². The second-order valence-corrected chi connectivity index (χ2v) is 6.70.